The normalized spacial score (nSPS) is 26.8. The van der Waals surface area contributed by atoms with Gasteiger partial charge in [-0.25, -0.2) is 8.78 Å². The molecule has 0 radical (unpaired) electrons. The molecular formula is C10H19F2N. The molecule has 0 aromatic carbocycles. The van der Waals surface area contributed by atoms with Gasteiger partial charge in [-0.1, -0.05) is 0 Å². The maximum Gasteiger partial charge on any atom is 0.249 e. The first kappa shape index (κ1) is 10.9. The van der Waals surface area contributed by atoms with Crippen LogP contribution in [0.1, 0.15) is 34.1 Å². The molecule has 0 saturated carbocycles. The van der Waals surface area contributed by atoms with Gasteiger partial charge < -0.3 is 0 Å². The molecule has 13 heavy (non-hydrogen) atoms. The van der Waals surface area contributed by atoms with Gasteiger partial charge in [0.25, 0.3) is 0 Å². The first-order valence-electron chi connectivity index (χ1n) is 4.84. The zero-order valence-electron chi connectivity index (χ0n) is 8.90. The van der Waals surface area contributed by atoms with Gasteiger partial charge in [0.05, 0.1) is 0 Å². The van der Waals surface area contributed by atoms with Gasteiger partial charge in [0.1, 0.15) is 0 Å². The van der Waals surface area contributed by atoms with Crippen LogP contribution in [-0.4, -0.2) is 29.5 Å². The van der Waals surface area contributed by atoms with Gasteiger partial charge in [-0.15, -0.1) is 0 Å². The quantitative estimate of drug-likeness (QED) is 0.616. The summed E-state index contributed by atoms with van der Waals surface area (Å²) in [7, 11) is 0. The topological polar surface area (TPSA) is 3.24 Å². The van der Waals surface area contributed by atoms with Crippen LogP contribution in [-0.2, 0) is 0 Å². The predicted octanol–water partition coefficient (Wildman–Crippen LogP) is 2.76. The summed E-state index contributed by atoms with van der Waals surface area (Å²) in [4.78, 5) is 2.13. The molecule has 1 saturated heterocycles. The summed E-state index contributed by atoms with van der Waals surface area (Å²) in [6.45, 7) is 8.59. The minimum Gasteiger partial charge on any atom is -0.298 e. The average molecular weight is 191 g/mol. The molecule has 0 aliphatic carbocycles. The third kappa shape index (κ3) is 2.63. The zero-order valence-corrected chi connectivity index (χ0v) is 8.90. The zero-order chi connectivity index (χ0) is 10.3. The van der Waals surface area contributed by atoms with Crippen LogP contribution in [0.15, 0.2) is 0 Å². The van der Waals surface area contributed by atoms with Gasteiger partial charge >= 0.3 is 0 Å². The molecule has 0 amide bonds. The van der Waals surface area contributed by atoms with Crippen molar-refractivity contribution >= 4 is 0 Å². The molecule has 1 aliphatic rings. The second-order valence-electron chi connectivity index (χ2n) is 5.06. The Kier molecular flexibility index (Phi) is 2.68. The summed E-state index contributed by atoms with van der Waals surface area (Å²) >= 11 is 0. The van der Waals surface area contributed by atoms with E-state index in [4.69, 9.17) is 0 Å². The van der Waals surface area contributed by atoms with E-state index in [-0.39, 0.29) is 5.54 Å². The number of halogens is 2. The highest BCUT2D eigenvalue weighted by Gasteiger charge is 2.41. The third-order valence-electron chi connectivity index (χ3n) is 2.85. The van der Waals surface area contributed by atoms with Crippen molar-refractivity contribution in [3.05, 3.63) is 0 Å². The summed E-state index contributed by atoms with van der Waals surface area (Å²) in [6, 6.07) is 0. The van der Waals surface area contributed by atoms with Crippen molar-refractivity contribution in [1.82, 2.24) is 4.90 Å². The maximum atomic E-state index is 13.0. The van der Waals surface area contributed by atoms with Crippen LogP contribution in [0.25, 0.3) is 0 Å². The maximum absolute atomic E-state index is 13.0. The van der Waals surface area contributed by atoms with E-state index in [1.54, 1.807) is 0 Å². The highest BCUT2D eigenvalue weighted by molar-refractivity contribution is 4.88. The van der Waals surface area contributed by atoms with Gasteiger partial charge in [0, 0.05) is 18.0 Å². The lowest BCUT2D eigenvalue weighted by molar-refractivity contribution is -0.0378. The van der Waals surface area contributed by atoms with Gasteiger partial charge in [-0.05, 0) is 40.7 Å². The Morgan fingerprint density at radius 2 is 1.69 bits per heavy atom. The molecule has 3 heteroatoms. The fourth-order valence-electron chi connectivity index (χ4n) is 1.78. The van der Waals surface area contributed by atoms with Crippen molar-refractivity contribution in [2.45, 2.75) is 45.6 Å². The van der Waals surface area contributed by atoms with E-state index in [9.17, 15) is 8.78 Å². The number of likely N-dealkylation sites (tertiary alicyclic amines) is 1. The van der Waals surface area contributed by atoms with Gasteiger partial charge in [0.2, 0.25) is 5.92 Å². The largest absolute Gasteiger partial charge is 0.298 e. The summed E-state index contributed by atoms with van der Waals surface area (Å²) in [5.74, 6) is -2.97. The molecule has 1 heterocycles. The van der Waals surface area contributed by atoms with Crippen LogP contribution in [0, 0.1) is 5.92 Å². The van der Waals surface area contributed by atoms with Crippen LogP contribution >= 0.6 is 0 Å². The molecule has 1 aliphatic heterocycles. The van der Waals surface area contributed by atoms with Crippen LogP contribution in [0.4, 0.5) is 8.78 Å². The Hall–Kier alpha value is -0.180. The van der Waals surface area contributed by atoms with Crippen LogP contribution in [0.3, 0.4) is 0 Å². The summed E-state index contributed by atoms with van der Waals surface area (Å²) in [5.41, 5.74) is 0.0278. The minimum absolute atomic E-state index is 0.0278. The molecule has 0 aromatic rings. The Morgan fingerprint density at radius 1 is 1.15 bits per heavy atom. The van der Waals surface area contributed by atoms with E-state index in [2.05, 4.69) is 25.7 Å². The Bertz CT molecular complexity index is 158. The van der Waals surface area contributed by atoms with Gasteiger partial charge in [0.15, 0.2) is 0 Å². The van der Waals surface area contributed by atoms with Crippen LogP contribution in [0.5, 0.6) is 0 Å². The third-order valence-corrected chi connectivity index (χ3v) is 2.85. The van der Waals surface area contributed by atoms with E-state index in [0.29, 0.717) is 13.0 Å². The molecule has 0 spiro atoms. The second-order valence-corrected chi connectivity index (χ2v) is 5.06. The summed E-state index contributed by atoms with van der Waals surface area (Å²) < 4.78 is 25.9. The molecule has 0 N–H and O–H groups in total. The lowest BCUT2D eigenvalue weighted by Gasteiger charge is -2.32. The lowest BCUT2D eigenvalue weighted by Crippen LogP contribution is -2.40. The van der Waals surface area contributed by atoms with Crippen molar-refractivity contribution in [2.24, 2.45) is 5.92 Å². The fraction of sp³-hybridized carbons (Fsp3) is 1.00. The molecule has 1 nitrogen and oxygen atoms in total. The molecule has 78 valence electrons. The van der Waals surface area contributed by atoms with Gasteiger partial charge in [-0.2, -0.15) is 0 Å². The van der Waals surface area contributed by atoms with Crippen molar-refractivity contribution in [3.63, 3.8) is 0 Å². The van der Waals surface area contributed by atoms with Crippen molar-refractivity contribution in [1.29, 1.82) is 0 Å². The van der Waals surface area contributed by atoms with E-state index in [0.717, 1.165) is 13.5 Å². The smallest absolute Gasteiger partial charge is 0.249 e. The second kappa shape index (κ2) is 3.19. The van der Waals surface area contributed by atoms with E-state index < -0.39 is 11.8 Å². The first-order chi connectivity index (χ1) is 5.71. The van der Waals surface area contributed by atoms with E-state index in [1.807, 2.05) is 0 Å². The summed E-state index contributed by atoms with van der Waals surface area (Å²) in [6.07, 6.45) is 0.626. The monoisotopic (exact) mass is 191 g/mol. The van der Waals surface area contributed by atoms with E-state index in [1.165, 1.54) is 0 Å². The molecular weight excluding hydrogens is 172 g/mol. The van der Waals surface area contributed by atoms with Crippen molar-refractivity contribution in [2.75, 3.05) is 13.1 Å². The molecule has 1 fully saturated rings. The first-order valence-corrected chi connectivity index (χ1v) is 4.84. The Morgan fingerprint density at radius 3 is 1.92 bits per heavy atom. The fourth-order valence-corrected chi connectivity index (χ4v) is 1.78. The van der Waals surface area contributed by atoms with Crippen molar-refractivity contribution in [3.8, 4) is 0 Å². The van der Waals surface area contributed by atoms with E-state index >= 15 is 0 Å². The average Bonchev–Trinajstić information content (AvgIpc) is 2.28. The predicted molar refractivity (Wildman–Crippen MR) is 50.1 cm³/mol. The molecule has 0 bridgehead atoms. The number of nitrogens with zero attached hydrogens (tertiary/aromatic N) is 1. The number of hydrogen-bond acceptors (Lipinski definition) is 1. The summed E-state index contributed by atoms with van der Waals surface area (Å²) in [5, 5.41) is 0. The standard InChI is InChI=1S/C10H19F2N/c1-9(2,3)13-6-5-8(7-13)10(4,11)12/h8H,5-7H2,1-4H3/t8-/m0/s1. The molecule has 1 rings (SSSR count). The van der Waals surface area contributed by atoms with Crippen LogP contribution in [0.2, 0.25) is 0 Å². The SMILES string of the molecule is CC(F)(F)[C@H]1CCN(C(C)(C)C)C1. The Balaban J connectivity index is 2.55. The molecule has 0 unspecified atom stereocenters. The Labute approximate surface area is 79.1 Å². The van der Waals surface area contributed by atoms with Crippen LogP contribution < -0.4 is 0 Å². The number of hydrogen-bond donors (Lipinski definition) is 0. The highest BCUT2D eigenvalue weighted by atomic mass is 19.3. The minimum atomic E-state index is -2.51. The van der Waals surface area contributed by atoms with Crippen molar-refractivity contribution < 1.29 is 8.78 Å². The molecule has 1 atom stereocenters. The lowest BCUT2D eigenvalue weighted by atomic mass is 10.0. The number of rotatable bonds is 1. The highest BCUT2D eigenvalue weighted by Crippen LogP contribution is 2.34. The molecule has 0 aromatic heterocycles. The number of alkyl halides is 2. The van der Waals surface area contributed by atoms with Gasteiger partial charge in [-0.3, -0.25) is 4.90 Å².